The van der Waals surface area contributed by atoms with Gasteiger partial charge in [0.2, 0.25) is 5.91 Å². The molecule has 0 fully saturated rings. The average Bonchev–Trinajstić information content (AvgIpc) is 3.12. The molecule has 0 radical (unpaired) electrons. The minimum absolute atomic E-state index is 0.116. The van der Waals surface area contributed by atoms with Crippen molar-refractivity contribution < 1.29 is 19.4 Å². The van der Waals surface area contributed by atoms with E-state index in [9.17, 15) is 14.7 Å². The van der Waals surface area contributed by atoms with Crippen LogP contribution in [0.15, 0.2) is 54.6 Å². The number of carboxylic acids is 1. The lowest BCUT2D eigenvalue weighted by molar-refractivity contribution is -0.116. The highest BCUT2D eigenvalue weighted by Crippen LogP contribution is 2.49. The fraction of sp³-hybridized carbons (Fsp3) is 0.217. The van der Waals surface area contributed by atoms with Crippen molar-refractivity contribution in [2.24, 2.45) is 0 Å². The van der Waals surface area contributed by atoms with Crippen molar-refractivity contribution in [3.05, 3.63) is 69.9 Å². The molecule has 0 bridgehead atoms. The van der Waals surface area contributed by atoms with E-state index >= 15 is 0 Å². The normalized spacial score (nSPS) is 15.5. The number of aromatic carboxylic acids is 1. The molecule has 2 aromatic carbocycles. The van der Waals surface area contributed by atoms with Crippen LogP contribution in [0.1, 0.15) is 45.8 Å². The van der Waals surface area contributed by atoms with Gasteiger partial charge in [-0.25, -0.2) is 4.79 Å². The van der Waals surface area contributed by atoms with Gasteiger partial charge < -0.3 is 15.2 Å². The van der Waals surface area contributed by atoms with Crippen molar-refractivity contribution in [2.75, 3.05) is 11.9 Å². The Morgan fingerprint density at radius 3 is 2.72 bits per heavy atom. The highest BCUT2D eigenvalue weighted by molar-refractivity contribution is 7.15. The monoisotopic (exact) mass is 407 g/mol. The van der Waals surface area contributed by atoms with Crippen LogP contribution in [0, 0.1) is 0 Å². The number of rotatable bonds is 6. The Labute approximate surface area is 173 Å². The van der Waals surface area contributed by atoms with Crippen molar-refractivity contribution in [2.45, 2.75) is 25.7 Å². The summed E-state index contributed by atoms with van der Waals surface area (Å²) in [5.74, 6) is -0.551. The predicted octanol–water partition coefficient (Wildman–Crippen LogP) is 5.38. The number of amides is 1. The number of anilines is 1. The Morgan fingerprint density at radius 2 is 2.00 bits per heavy atom. The van der Waals surface area contributed by atoms with Crippen molar-refractivity contribution in [1.82, 2.24) is 0 Å². The smallest absolute Gasteiger partial charge is 0.346 e. The summed E-state index contributed by atoms with van der Waals surface area (Å²) < 4.78 is 5.75. The summed E-state index contributed by atoms with van der Waals surface area (Å²) in [5, 5.41) is 12.7. The quantitative estimate of drug-likeness (QED) is 0.575. The summed E-state index contributed by atoms with van der Waals surface area (Å²) in [6.45, 7) is 2.67. The van der Waals surface area contributed by atoms with Crippen molar-refractivity contribution in [3.63, 3.8) is 0 Å². The van der Waals surface area contributed by atoms with Crippen LogP contribution in [0.25, 0.3) is 11.1 Å². The lowest BCUT2D eigenvalue weighted by atomic mass is 9.88. The third kappa shape index (κ3) is 3.76. The molecule has 4 rings (SSSR count). The number of fused-ring (bicyclic) bond motifs is 1. The second kappa shape index (κ2) is 8.09. The molecule has 2 heterocycles. The highest BCUT2D eigenvalue weighted by atomic mass is 32.1. The van der Waals surface area contributed by atoms with Crippen LogP contribution < -0.4 is 10.1 Å². The molecule has 0 aliphatic carbocycles. The SMILES string of the molecule is CCCOc1cccc([C@@H]2CC(=O)Nc3c2sc(C(=O)O)c3-c2ccccc2)c1. The second-order valence-corrected chi connectivity index (χ2v) is 7.99. The Balaban J connectivity index is 1.84. The molecule has 1 amide bonds. The van der Waals surface area contributed by atoms with Gasteiger partial charge in [0.05, 0.1) is 12.3 Å². The van der Waals surface area contributed by atoms with Crippen LogP contribution >= 0.6 is 11.3 Å². The number of hydrogen-bond acceptors (Lipinski definition) is 4. The molecule has 1 atom stereocenters. The van der Waals surface area contributed by atoms with E-state index in [-0.39, 0.29) is 23.1 Å². The van der Waals surface area contributed by atoms with Gasteiger partial charge in [-0.2, -0.15) is 0 Å². The molecule has 148 valence electrons. The van der Waals surface area contributed by atoms with Gasteiger partial charge in [-0.3, -0.25) is 4.79 Å². The molecule has 2 N–H and O–H groups in total. The number of carbonyl (C=O) groups is 2. The zero-order valence-corrected chi connectivity index (χ0v) is 16.8. The van der Waals surface area contributed by atoms with Crippen molar-refractivity contribution in [3.8, 4) is 16.9 Å². The molecule has 1 aliphatic rings. The molecule has 0 spiro atoms. The Morgan fingerprint density at radius 1 is 1.21 bits per heavy atom. The summed E-state index contributed by atoms with van der Waals surface area (Å²) in [6.07, 6.45) is 1.19. The molecule has 6 heteroatoms. The third-order valence-electron chi connectivity index (χ3n) is 4.90. The van der Waals surface area contributed by atoms with Gasteiger partial charge in [-0.1, -0.05) is 49.4 Å². The van der Waals surface area contributed by atoms with E-state index in [1.807, 2.05) is 61.5 Å². The van der Waals surface area contributed by atoms with Gasteiger partial charge in [0, 0.05) is 22.8 Å². The molecule has 0 saturated heterocycles. The predicted molar refractivity (Wildman–Crippen MR) is 114 cm³/mol. The molecule has 5 nitrogen and oxygen atoms in total. The van der Waals surface area contributed by atoms with E-state index < -0.39 is 5.97 Å². The molecule has 3 aromatic rings. The van der Waals surface area contributed by atoms with Gasteiger partial charge in [0.15, 0.2) is 0 Å². The lowest BCUT2D eigenvalue weighted by Crippen LogP contribution is -2.22. The van der Waals surface area contributed by atoms with Gasteiger partial charge in [0.25, 0.3) is 0 Å². The summed E-state index contributed by atoms with van der Waals surface area (Å²) in [7, 11) is 0. The number of nitrogens with one attached hydrogen (secondary N) is 1. The highest BCUT2D eigenvalue weighted by Gasteiger charge is 2.34. The van der Waals surface area contributed by atoms with Crippen LogP contribution in [0.5, 0.6) is 5.75 Å². The van der Waals surface area contributed by atoms with Crippen LogP contribution in [-0.2, 0) is 4.79 Å². The number of thiophene rings is 1. The van der Waals surface area contributed by atoms with E-state index in [0.717, 1.165) is 28.2 Å². The zero-order valence-electron chi connectivity index (χ0n) is 16.0. The van der Waals surface area contributed by atoms with Gasteiger partial charge in [-0.05, 0) is 29.7 Å². The van der Waals surface area contributed by atoms with Gasteiger partial charge in [0.1, 0.15) is 10.6 Å². The number of benzene rings is 2. The van der Waals surface area contributed by atoms with Crippen molar-refractivity contribution in [1.29, 1.82) is 0 Å². The number of carbonyl (C=O) groups excluding carboxylic acids is 1. The number of hydrogen-bond donors (Lipinski definition) is 2. The maximum absolute atomic E-state index is 12.5. The first-order valence-electron chi connectivity index (χ1n) is 9.56. The van der Waals surface area contributed by atoms with E-state index in [1.165, 1.54) is 11.3 Å². The molecule has 0 unspecified atom stereocenters. The maximum Gasteiger partial charge on any atom is 0.346 e. The van der Waals surface area contributed by atoms with E-state index in [2.05, 4.69) is 5.32 Å². The van der Waals surface area contributed by atoms with Crippen LogP contribution in [0.2, 0.25) is 0 Å². The standard InChI is InChI=1S/C23H21NO4S/c1-2-11-28-16-10-6-9-15(12-16)17-13-18(25)24-20-19(14-7-4-3-5-8-14)22(23(26)27)29-21(17)20/h3-10,12,17H,2,11,13H2,1H3,(H,24,25)(H,26,27)/t17-/m0/s1. The van der Waals surface area contributed by atoms with Gasteiger partial charge in [-0.15, -0.1) is 11.3 Å². The fourth-order valence-corrected chi connectivity index (χ4v) is 4.87. The third-order valence-corrected chi connectivity index (χ3v) is 6.19. The second-order valence-electron chi connectivity index (χ2n) is 6.94. The largest absolute Gasteiger partial charge is 0.494 e. The summed E-state index contributed by atoms with van der Waals surface area (Å²) in [6, 6.07) is 17.1. The van der Waals surface area contributed by atoms with E-state index in [1.54, 1.807) is 0 Å². The first-order chi connectivity index (χ1) is 14.1. The van der Waals surface area contributed by atoms with Gasteiger partial charge >= 0.3 is 5.97 Å². The molecular weight excluding hydrogens is 386 g/mol. The summed E-state index contributed by atoms with van der Waals surface area (Å²) >= 11 is 1.24. The fourth-order valence-electron chi connectivity index (χ4n) is 3.63. The average molecular weight is 407 g/mol. The molecular formula is C23H21NO4S. The first kappa shape index (κ1) is 19.2. The lowest BCUT2D eigenvalue weighted by Gasteiger charge is -2.24. The number of carboxylic acid groups (broad SMARTS) is 1. The molecule has 29 heavy (non-hydrogen) atoms. The Kier molecular flexibility index (Phi) is 5.36. The topological polar surface area (TPSA) is 75.6 Å². The zero-order chi connectivity index (χ0) is 20.4. The van der Waals surface area contributed by atoms with E-state index in [4.69, 9.17) is 4.74 Å². The summed E-state index contributed by atoms with van der Waals surface area (Å²) in [4.78, 5) is 25.6. The Hall–Kier alpha value is -3.12. The number of ether oxygens (including phenoxy) is 1. The Bertz CT molecular complexity index is 1060. The summed E-state index contributed by atoms with van der Waals surface area (Å²) in [5.41, 5.74) is 2.92. The van der Waals surface area contributed by atoms with Crippen LogP contribution in [0.3, 0.4) is 0 Å². The molecule has 1 aliphatic heterocycles. The van der Waals surface area contributed by atoms with Crippen molar-refractivity contribution >= 4 is 28.9 Å². The molecule has 1 aromatic heterocycles. The minimum atomic E-state index is -0.990. The maximum atomic E-state index is 12.5. The van der Waals surface area contributed by atoms with Crippen LogP contribution in [-0.4, -0.2) is 23.6 Å². The first-order valence-corrected chi connectivity index (χ1v) is 10.4. The van der Waals surface area contributed by atoms with Crippen LogP contribution in [0.4, 0.5) is 5.69 Å². The minimum Gasteiger partial charge on any atom is -0.494 e. The molecule has 0 saturated carbocycles. The van der Waals surface area contributed by atoms with E-state index in [0.29, 0.717) is 17.9 Å².